The summed E-state index contributed by atoms with van der Waals surface area (Å²) in [6.07, 6.45) is 2.41. The molecule has 1 aliphatic heterocycles. The van der Waals surface area contributed by atoms with Gasteiger partial charge in [0.2, 0.25) is 5.96 Å². The van der Waals surface area contributed by atoms with Crippen LogP contribution < -0.4 is 16.4 Å². The van der Waals surface area contributed by atoms with Crippen molar-refractivity contribution in [1.29, 1.82) is 0 Å². The van der Waals surface area contributed by atoms with Crippen LogP contribution in [-0.2, 0) is 15.9 Å². The molecule has 2 aromatic carbocycles. The fraction of sp³-hybridized carbons (Fsp3) is 0.190. The summed E-state index contributed by atoms with van der Waals surface area (Å²) in [6, 6.07) is 17.8. The van der Waals surface area contributed by atoms with Crippen LogP contribution >= 0.6 is 0 Å². The maximum atomic E-state index is 6.70. The maximum absolute atomic E-state index is 6.70. The van der Waals surface area contributed by atoms with Gasteiger partial charge in [-0.1, -0.05) is 30.3 Å². The van der Waals surface area contributed by atoms with Crippen LogP contribution in [0.15, 0.2) is 77.2 Å². The first-order chi connectivity index (χ1) is 13.6. The van der Waals surface area contributed by atoms with Crippen LogP contribution in [0.25, 0.3) is 10.9 Å². The number of hydrogen-bond donors (Lipinski definition) is 3. The van der Waals surface area contributed by atoms with E-state index >= 15 is 0 Å². The molecule has 0 saturated heterocycles. The van der Waals surface area contributed by atoms with Crippen LogP contribution in [0.2, 0.25) is 0 Å². The minimum Gasteiger partial charge on any atom is -0.493 e. The number of nitrogens with one attached hydrogen (secondary N) is 1. The van der Waals surface area contributed by atoms with Crippen molar-refractivity contribution in [1.82, 2.24) is 4.98 Å². The van der Waals surface area contributed by atoms with Gasteiger partial charge in [-0.2, -0.15) is 0 Å². The van der Waals surface area contributed by atoms with Crippen molar-refractivity contribution in [2.75, 3.05) is 19.1 Å². The number of nitrogens with zero attached hydrogens (tertiary/aromatic N) is 2. The lowest BCUT2D eigenvalue weighted by Gasteiger charge is -2.43. The molecule has 0 spiro atoms. The Labute approximate surface area is 163 Å². The fourth-order valence-electron chi connectivity index (χ4n) is 3.58. The van der Waals surface area contributed by atoms with E-state index in [0.717, 1.165) is 22.2 Å². The Bertz CT molecular complexity index is 1060. The van der Waals surface area contributed by atoms with Crippen LogP contribution in [0.4, 0.5) is 5.69 Å². The van der Waals surface area contributed by atoms with Gasteiger partial charge in [0.15, 0.2) is 5.76 Å². The predicted octanol–water partition coefficient (Wildman–Crippen LogP) is 2.66. The minimum absolute atomic E-state index is 0.242. The lowest BCUT2D eigenvalue weighted by Crippen LogP contribution is -2.65. The number of allylic oxidation sites excluding steroid dienone is 1. The first-order valence-electron chi connectivity index (χ1n) is 8.94. The molecule has 1 aliphatic rings. The molecule has 28 heavy (non-hydrogen) atoms. The molecule has 0 saturated carbocycles. The van der Waals surface area contributed by atoms with Crippen molar-refractivity contribution in [3.05, 3.63) is 77.8 Å². The number of nitrogens with two attached hydrogens (primary N) is 2. The van der Waals surface area contributed by atoms with Crippen molar-refractivity contribution in [3.63, 3.8) is 0 Å². The number of ether oxygens (including phenoxy) is 2. The molecule has 0 amide bonds. The molecule has 4 rings (SSSR count). The van der Waals surface area contributed by atoms with Gasteiger partial charge in [0.1, 0.15) is 0 Å². The van der Waals surface area contributed by atoms with Gasteiger partial charge in [0.05, 0.1) is 12.8 Å². The number of methoxy groups -OCH3 is 2. The molecular weight excluding hydrogens is 354 g/mol. The van der Waals surface area contributed by atoms with Crippen molar-refractivity contribution < 1.29 is 9.47 Å². The molecule has 5 N–H and O–H groups in total. The van der Waals surface area contributed by atoms with E-state index in [-0.39, 0.29) is 5.96 Å². The van der Waals surface area contributed by atoms with Crippen LogP contribution in [-0.4, -0.2) is 31.0 Å². The fourth-order valence-corrected chi connectivity index (χ4v) is 3.58. The van der Waals surface area contributed by atoms with Gasteiger partial charge >= 0.3 is 0 Å². The molecule has 1 unspecified atom stereocenters. The monoisotopic (exact) mass is 377 g/mol. The van der Waals surface area contributed by atoms with Crippen molar-refractivity contribution >= 4 is 22.5 Å². The highest BCUT2D eigenvalue weighted by Gasteiger charge is 2.45. The molecule has 7 heteroatoms. The zero-order chi connectivity index (χ0) is 19.7. The van der Waals surface area contributed by atoms with E-state index in [1.165, 1.54) is 7.11 Å². The van der Waals surface area contributed by atoms with Crippen molar-refractivity contribution in [3.8, 4) is 0 Å². The first-order valence-corrected chi connectivity index (χ1v) is 8.94. The topological polar surface area (TPSA) is 102 Å². The van der Waals surface area contributed by atoms with E-state index in [0.29, 0.717) is 17.9 Å². The van der Waals surface area contributed by atoms with Crippen LogP contribution in [0.5, 0.6) is 0 Å². The Morgan fingerprint density at radius 3 is 2.61 bits per heavy atom. The molecule has 0 radical (unpaired) electrons. The quantitative estimate of drug-likeness (QED) is 0.593. The van der Waals surface area contributed by atoms with E-state index in [1.54, 1.807) is 12.0 Å². The second kappa shape index (κ2) is 7.03. The lowest BCUT2D eigenvalue weighted by molar-refractivity contribution is -0.0111. The molecule has 144 valence electrons. The predicted molar refractivity (Wildman–Crippen MR) is 111 cm³/mol. The molecule has 0 bridgehead atoms. The average Bonchev–Trinajstić information content (AvgIpc) is 3.16. The summed E-state index contributed by atoms with van der Waals surface area (Å²) in [6.45, 7) is 0. The SMILES string of the molecule is COC1=C(Cc2ccccc2)N=C(N)N(c2ccc3[nH]ccc3c2)C1(N)OC. The van der Waals surface area contributed by atoms with Gasteiger partial charge in [-0.15, -0.1) is 0 Å². The Balaban J connectivity index is 1.80. The van der Waals surface area contributed by atoms with E-state index < -0.39 is 5.85 Å². The second-order valence-electron chi connectivity index (χ2n) is 6.60. The number of anilines is 1. The molecule has 0 aliphatic carbocycles. The van der Waals surface area contributed by atoms with Gasteiger partial charge in [-0.05, 0) is 29.8 Å². The molecular formula is C21H23N5O2. The summed E-state index contributed by atoms with van der Waals surface area (Å²) in [5, 5.41) is 1.03. The average molecular weight is 377 g/mol. The van der Waals surface area contributed by atoms with Crippen LogP contribution in [0.3, 0.4) is 0 Å². The number of rotatable bonds is 5. The van der Waals surface area contributed by atoms with Gasteiger partial charge in [-0.3, -0.25) is 10.6 Å². The third kappa shape index (κ3) is 2.90. The van der Waals surface area contributed by atoms with E-state index in [4.69, 9.17) is 20.9 Å². The number of fused-ring (bicyclic) bond motifs is 1. The first kappa shape index (κ1) is 18.1. The summed E-state index contributed by atoms with van der Waals surface area (Å²) >= 11 is 0. The van der Waals surface area contributed by atoms with Crippen LogP contribution in [0.1, 0.15) is 5.56 Å². The largest absolute Gasteiger partial charge is 0.493 e. The number of aromatic amines is 1. The number of benzene rings is 2. The maximum Gasteiger partial charge on any atom is 0.264 e. The zero-order valence-electron chi connectivity index (χ0n) is 15.8. The zero-order valence-corrected chi connectivity index (χ0v) is 15.8. The van der Waals surface area contributed by atoms with Gasteiger partial charge < -0.3 is 20.2 Å². The lowest BCUT2D eigenvalue weighted by atomic mass is 10.1. The minimum atomic E-state index is -1.42. The molecule has 7 nitrogen and oxygen atoms in total. The van der Waals surface area contributed by atoms with Gasteiger partial charge in [0.25, 0.3) is 5.85 Å². The number of hydrogen-bond acceptors (Lipinski definition) is 6. The summed E-state index contributed by atoms with van der Waals surface area (Å²) in [7, 11) is 3.09. The smallest absolute Gasteiger partial charge is 0.264 e. The number of guanidine groups is 1. The number of H-pyrrole nitrogens is 1. The molecule has 1 aromatic heterocycles. The molecule has 1 atom stereocenters. The van der Waals surface area contributed by atoms with Crippen molar-refractivity contribution in [2.24, 2.45) is 16.5 Å². The Hall–Kier alpha value is -3.29. The molecule has 2 heterocycles. The highest BCUT2D eigenvalue weighted by molar-refractivity contribution is 6.00. The summed E-state index contributed by atoms with van der Waals surface area (Å²) < 4.78 is 11.4. The third-order valence-electron chi connectivity index (χ3n) is 4.92. The molecule has 0 fully saturated rings. The highest BCUT2D eigenvalue weighted by Crippen LogP contribution is 2.35. The van der Waals surface area contributed by atoms with E-state index in [9.17, 15) is 0 Å². The summed E-state index contributed by atoms with van der Waals surface area (Å²) in [5.41, 5.74) is 16.5. The molecule has 3 aromatic rings. The van der Waals surface area contributed by atoms with Gasteiger partial charge in [0, 0.05) is 36.3 Å². The third-order valence-corrected chi connectivity index (χ3v) is 4.92. The standard InChI is InChI=1S/C21H23N5O2/c1-27-19-18(12-14-6-4-3-5-7-14)25-20(22)26(21(19,23)28-2)16-8-9-17-15(13-16)10-11-24-17/h3-11,13,24H,12,23H2,1-2H3,(H2,22,25). The normalized spacial score (nSPS) is 19.8. The number of aliphatic imine (C=N–C) groups is 1. The van der Waals surface area contributed by atoms with E-state index in [1.807, 2.05) is 60.8 Å². The van der Waals surface area contributed by atoms with Gasteiger partial charge in [-0.25, -0.2) is 4.99 Å². The Kier molecular flexibility index (Phi) is 4.54. The summed E-state index contributed by atoms with van der Waals surface area (Å²) in [5.74, 6) is -0.762. The Morgan fingerprint density at radius 2 is 1.89 bits per heavy atom. The van der Waals surface area contributed by atoms with E-state index in [2.05, 4.69) is 9.98 Å². The second-order valence-corrected chi connectivity index (χ2v) is 6.60. The summed E-state index contributed by atoms with van der Waals surface area (Å²) in [4.78, 5) is 9.42. The Morgan fingerprint density at radius 1 is 1.11 bits per heavy atom. The van der Waals surface area contributed by atoms with Crippen LogP contribution in [0, 0.1) is 0 Å². The highest BCUT2D eigenvalue weighted by atomic mass is 16.6. The van der Waals surface area contributed by atoms with Crippen molar-refractivity contribution in [2.45, 2.75) is 12.3 Å². The number of aromatic nitrogens is 1.